The number of aryl methyl sites for hydroxylation is 1. The maximum Gasteiger partial charge on any atom is 0.127 e. The standard InChI is InChI=1S/C32H43F/c1-3-5-7-8-9-10-11-26-13-15-27(16-14-26)17-18-28-19-21-29(22-20-28)31-24-23-30(12-6-4-2)32(33)25-31/h19-27H,3-16H2,1-2H3. The molecule has 0 saturated heterocycles. The van der Waals surface area contributed by atoms with Crippen molar-refractivity contribution in [3.63, 3.8) is 0 Å². The highest BCUT2D eigenvalue weighted by atomic mass is 19.1. The molecule has 1 saturated carbocycles. The monoisotopic (exact) mass is 446 g/mol. The van der Waals surface area contributed by atoms with Gasteiger partial charge in [0.15, 0.2) is 0 Å². The summed E-state index contributed by atoms with van der Waals surface area (Å²) in [5, 5.41) is 0. The number of hydrogen-bond acceptors (Lipinski definition) is 0. The first-order chi connectivity index (χ1) is 16.2. The van der Waals surface area contributed by atoms with E-state index >= 15 is 0 Å². The molecule has 0 aliphatic heterocycles. The van der Waals surface area contributed by atoms with E-state index in [-0.39, 0.29) is 5.82 Å². The summed E-state index contributed by atoms with van der Waals surface area (Å²) >= 11 is 0. The van der Waals surface area contributed by atoms with E-state index in [9.17, 15) is 4.39 Å². The number of unbranched alkanes of at least 4 members (excludes halogenated alkanes) is 6. The van der Waals surface area contributed by atoms with Gasteiger partial charge < -0.3 is 0 Å². The van der Waals surface area contributed by atoms with E-state index in [1.165, 1.54) is 70.6 Å². The number of benzene rings is 2. The molecule has 2 aromatic carbocycles. The summed E-state index contributed by atoms with van der Waals surface area (Å²) in [6.07, 6.45) is 18.0. The van der Waals surface area contributed by atoms with Gasteiger partial charge in [-0.15, -0.1) is 0 Å². The average molecular weight is 447 g/mol. The molecule has 0 N–H and O–H groups in total. The van der Waals surface area contributed by atoms with Gasteiger partial charge >= 0.3 is 0 Å². The fourth-order valence-electron chi connectivity index (χ4n) is 5.04. The van der Waals surface area contributed by atoms with E-state index in [2.05, 4.69) is 50.0 Å². The molecular formula is C32H43F. The van der Waals surface area contributed by atoms with Crippen LogP contribution >= 0.6 is 0 Å². The Kier molecular flexibility index (Phi) is 11.0. The van der Waals surface area contributed by atoms with Crippen molar-refractivity contribution in [1.82, 2.24) is 0 Å². The van der Waals surface area contributed by atoms with Gasteiger partial charge in [0.05, 0.1) is 0 Å². The molecule has 3 rings (SSSR count). The second-order valence-electron chi connectivity index (χ2n) is 10.0. The van der Waals surface area contributed by atoms with Crippen molar-refractivity contribution >= 4 is 0 Å². The Morgan fingerprint density at radius 1 is 0.758 bits per heavy atom. The maximum atomic E-state index is 14.4. The Balaban J connectivity index is 1.44. The Morgan fingerprint density at radius 2 is 1.42 bits per heavy atom. The topological polar surface area (TPSA) is 0 Å². The predicted molar refractivity (Wildman–Crippen MR) is 141 cm³/mol. The van der Waals surface area contributed by atoms with Gasteiger partial charge in [-0.05, 0) is 79.3 Å². The lowest BCUT2D eigenvalue weighted by molar-refractivity contribution is 0.293. The summed E-state index contributed by atoms with van der Waals surface area (Å²) < 4.78 is 14.4. The largest absolute Gasteiger partial charge is 0.207 e. The van der Waals surface area contributed by atoms with Crippen LogP contribution in [0.4, 0.5) is 4.39 Å². The lowest BCUT2D eigenvalue weighted by Crippen LogP contribution is -2.13. The highest BCUT2D eigenvalue weighted by Crippen LogP contribution is 2.32. The second kappa shape index (κ2) is 14.2. The van der Waals surface area contributed by atoms with Gasteiger partial charge in [0, 0.05) is 11.5 Å². The summed E-state index contributed by atoms with van der Waals surface area (Å²) in [5.74, 6) is 8.33. The van der Waals surface area contributed by atoms with E-state index in [4.69, 9.17) is 0 Å². The molecule has 178 valence electrons. The van der Waals surface area contributed by atoms with Crippen LogP contribution < -0.4 is 0 Å². The zero-order valence-electron chi connectivity index (χ0n) is 21.0. The van der Waals surface area contributed by atoms with Crippen LogP contribution in [-0.2, 0) is 6.42 Å². The van der Waals surface area contributed by atoms with Crippen molar-refractivity contribution in [3.8, 4) is 23.0 Å². The number of halogens is 1. The molecule has 0 bridgehead atoms. The van der Waals surface area contributed by atoms with Crippen LogP contribution in [0.3, 0.4) is 0 Å². The van der Waals surface area contributed by atoms with Crippen molar-refractivity contribution in [1.29, 1.82) is 0 Å². The summed E-state index contributed by atoms with van der Waals surface area (Å²) in [4.78, 5) is 0. The van der Waals surface area contributed by atoms with Gasteiger partial charge in [-0.2, -0.15) is 0 Å². The predicted octanol–water partition coefficient (Wildman–Crippen LogP) is 9.74. The maximum absolute atomic E-state index is 14.4. The number of hydrogen-bond donors (Lipinski definition) is 0. The third-order valence-corrected chi connectivity index (χ3v) is 7.30. The first-order valence-corrected chi connectivity index (χ1v) is 13.6. The van der Waals surface area contributed by atoms with E-state index in [1.807, 2.05) is 12.1 Å². The van der Waals surface area contributed by atoms with Gasteiger partial charge in [-0.25, -0.2) is 4.39 Å². The summed E-state index contributed by atoms with van der Waals surface area (Å²) in [6, 6.07) is 14.0. The number of rotatable bonds is 11. The van der Waals surface area contributed by atoms with E-state index in [0.717, 1.165) is 47.4 Å². The van der Waals surface area contributed by atoms with Gasteiger partial charge in [-0.3, -0.25) is 0 Å². The Hall–Kier alpha value is -2.07. The Morgan fingerprint density at radius 3 is 2.12 bits per heavy atom. The minimum Gasteiger partial charge on any atom is -0.207 e. The van der Waals surface area contributed by atoms with Crippen molar-refractivity contribution in [2.75, 3.05) is 0 Å². The van der Waals surface area contributed by atoms with Crippen molar-refractivity contribution in [2.45, 2.75) is 104 Å². The van der Waals surface area contributed by atoms with Gasteiger partial charge in [0.2, 0.25) is 0 Å². The zero-order valence-corrected chi connectivity index (χ0v) is 21.0. The average Bonchev–Trinajstić information content (AvgIpc) is 2.85. The third kappa shape index (κ3) is 8.66. The molecule has 0 nitrogen and oxygen atoms in total. The molecule has 0 amide bonds. The molecule has 0 spiro atoms. The molecule has 1 aliphatic carbocycles. The quantitative estimate of drug-likeness (QED) is 0.238. The molecule has 2 aromatic rings. The molecule has 0 aromatic heterocycles. The SMILES string of the molecule is CCCCCCCCC1CCC(C#Cc2ccc(-c3ccc(CCCC)c(F)c3)cc2)CC1. The molecule has 1 aliphatic rings. The summed E-state index contributed by atoms with van der Waals surface area (Å²) in [6.45, 7) is 4.42. The van der Waals surface area contributed by atoms with Gasteiger partial charge in [-0.1, -0.05) is 101 Å². The molecule has 1 fully saturated rings. The fourth-order valence-corrected chi connectivity index (χ4v) is 5.04. The van der Waals surface area contributed by atoms with Gasteiger partial charge in [0.25, 0.3) is 0 Å². The molecular weight excluding hydrogens is 403 g/mol. The highest BCUT2D eigenvalue weighted by Gasteiger charge is 2.19. The first-order valence-electron chi connectivity index (χ1n) is 13.6. The van der Waals surface area contributed by atoms with Crippen LogP contribution in [0.25, 0.3) is 11.1 Å². The van der Waals surface area contributed by atoms with Crippen molar-refractivity contribution in [3.05, 3.63) is 59.4 Å². The van der Waals surface area contributed by atoms with Gasteiger partial charge in [0.1, 0.15) is 5.82 Å². The molecule has 0 atom stereocenters. The first kappa shape index (κ1) is 25.6. The van der Waals surface area contributed by atoms with Crippen molar-refractivity contribution in [2.24, 2.45) is 11.8 Å². The molecule has 0 radical (unpaired) electrons. The van der Waals surface area contributed by atoms with Crippen LogP contribution in [0.1, 0.15) is 108 Å². The summed E-state index contributed by atoms with van der Waals surface area (Å²) in [7, 11) is 0. The van der Waals surface area contributed by atoms with Crippen LogP contribution in [-0.4, -0.2) is 0 Å². The van der Waals surface area contributed by atoms with E-state index in [0.29, 0.717) is 5.92 Å². The van der Waals surface area contributed by atoms with E-state index < -0.39 is 0 Å². The van der Waals surface area contributed by atoms with E-state index in [1.54, 1.807) is 6.07 Å². The molecule has 1 heteroatoms. The zero-order chi connectivity index (χ0) is 23.3. The molecule has 0 heterocycles. The molecule has 0 unspecified atom stereocenters. The summed E-state index contributed by atoms with van der Waals surface area (Å²) in [5.41, 5.74) is 3.88. The lowest BCUT2D eigenvalue weighted by atomic mass is 9.80. The van der Waals surface area contributed by atoms with Crippen molar-refractivity contribution < 1.29 is 4.39 Å². The van der Waals surface area contributed by atoms with Crippen LogP contribution in [0.15, 0.2) is 42.5 Å². The lowest BCUT2D eigenvalue weighted by Gasteiger charge is -2.25. The smallest absolute Gasteiger partial charge is 0.127 e. The normalized spacial score (nSPS) is 18.0. The third-order valence-electron chi connectivity index (χ3n) is 7.30. The second-order valence-corrected chi connectivity index (χ2v) is 10.0. The van der Waals surface area contributed by atoms with Crippen LogP contribution in [0.2, 0.25) is 0 Å². The van der Waals surface area contributed by atoms with Crippen LogP contribution in [0, 0.1) is 29.5 Å². The minimum absolute atomic E-state index is 0.0862. The minimum atomic E-state index is -0.0862. The Labute approximate surface area is 202 Å². The highest BCUT2D eigenvalue weighted by molar-refractivity contribution is 5.65. The van der Waals surface area contributed by atoms with Crippen LogP contribution in [0.5, 0.6) is 0 Å². The molecule has 33 heavy (non-hydrogen) atoms. The Bertz CT molecular complexity index is 875. The fraction of sp³-hybridized carbons (Fsp3) is 0.562.